The summed E-state index contributed by atoms with van der Waals surface area (Å²) in [4.78, 5) is 1.39. The molecule has 0 saturated heterocycles. The average molecular weight is 245 g/mol. The first-order valence-electron chi connectivity index (χ1n) is 5.13. The fourth-order valence-corrected chi connectivity index (χ4v) is 3.22. The topological polar surface area (TPSA) is 81.1 Å². The third-order valence-electron chi connectivity index (χ3n) is 2.68. The number of rotatable bonds is 0. The Kier molecular flexibility index (Phi) is 2.09. The number of anilines is 4. The maximum Gasteiger partial charge on any atom is 0.0893 e. The van der Waals surface area contributed by atoms with Gasteiger partial charge in [0.1, 0.15) is 0 Å². The van der Waals surface area contributed by atoms with Gasteiger partial charge in [-0.05, 0) is 36.4 Å². The Bertz CT molecular complexity index is 586. The Hall–Kier alpha value is -2.01. The molecule has 0 aliphatic carbocycles. The van der Waals surface area contributed by atoms with E-state index in [4.69, 9.17) is 11.5 Å². The molecular formula is C12H11N3OS. The Labute approximate surface area is 101 Å². The van der Waals surface area contributed by atoms with Crippen molar-refractivity contribution >= 4 is 33.5 Å². The highest BCUT2D eigenvalue weighted by atomic mass is 32.2. The third-order valence-corrected chi connectivity index (χ3v) is 4.15. The van der Waals surface area contributed by atoms with E-state index in [1.54, 1.807) is 24.3 Å². The van der Waals surface area contributed by atoms with Crippen LogP contribution in [0, 0.1) is 0 Å². The lowest BCUT2D eigenvalue weighted by Gasteiger charge is -2.21. The molecule has 2 aromatic rings. The van der Waals surface area contributed by atoms with Gasteiger partial charge in [-0.15, -0.1) is 0 Å². The van der Waals surface area contributed by atoms with Crippen molar-refractivity contribution < 1.29 is 4.21 Å². The van der Waals surface area contributed by atoms with Crippen LogP contribution in [-0.2, 0) is 10.8 Å². The van der Waals surface area contributed by atoms with Crippen LogP contribution >= 0.6 is 0 Å². The van der Waals surface area contributed by atoms with E-state index in [1.165, 1.54) is 0 Å². The smallest absolute Gasteiger partial charge is 0.0893 e. The first kappa shape index (κ1) is 10.2. The van der Waals surface area contributed by atoms with Crippen LogP contribution in [0.4, 0.5) is 22.7 Å². The zero-order chi connectivity index (χ0) is 12.0. The molecule has 0 saturated carbocycles. The van der Waals surface area contributed by atoms with E-state index in [0.717, 1.165) is 11.4 Å². The summed E-state index contributed by atoms with van der Waals surface area (Å²) in [5.74, 6) is 0. The molecule has 0 radical (unpaired) electrons. The van der Waals surface area contributed by atoms with Crippen LogP contribution in [0.25, 0.3) is 0 Å². The van der Waals surface area contributed by atoms with Crippen molar-refractivity contribution in [3.05, 3.63) is 36.4 Å². The van der Waals surface area contributed by atoms with Crippen LogP contribution in [0.2, 0.25) is 0 Å². The van der Waals surface area contributed by atoms with E-state index in [9.17, 15) is 4.21 Å². The highest BCUT2D eigenvalue weighted by Crippen LogP contribution is 2.38. The van der Waals surface area contributed by atoms with Crippen molar-refractivity contribution in [2.45, 2.75) is 9.79 Å². The number of nitrogen functional groups attached to an aromatic ring is 2. The molecule has 1 heterocycles. The predicted octanol–water partition coefficient (Wildman–Crippen LogP) is 2.07. The van der Waals surface area contributed by atoms with E-state index >= 15 is 0 Å². The molecule has 3 rings (SSSR count). The fraction of sp³-hybridized carbons (Fsp3) is 0. The van der Waals surface area contributed by atoms with E-state index in [-0.39, 0.29) is 0 Å². The summed E-state index contributed by atoms with van der Waals surface area (Å²) < 4.78 is 12.4. The molecule has 2 aromatic carbocycles. The van der Waals surface area contributed by atoms with Crippen molar-refractivity contribution in [1.29, 1.82) is 0 Å². The van der Waals surface area contributed by atoms with Crippen molar-refractivity contribution in [2.75, 3.05) is 16.8 Å². The molecule has 0 aromatic heterocycles. The fourth-order valence-electron chi connectivity index (χ4n) is 1.85. The standard InChI is InChI=1S/C12H11N3OS/c13-7-1-3-9-11(5-7)17(16)12-6-8(14)2-4-10(12)15-9/h1-6,15H,13-14H2. The third kappa shape index (κ3) is 1.55. The second-order valence-electron chi connectivity index (χ2n) is 3.90. The van der Waals surface area contributed by atoms with Gasteiger partial charge in [0.2, 0.25) is 0 Å². The normalized spacial score (nSPS) is 13.6. The average Bonchev–Trinajstić information content (AvgIpc) is 2.32. The lowest BCUT2D eigenvalue weighted by molar-refractivity contribution is 0.683. The number of hydrogen-bond acceptors (Lipinski definition) is 4. The predicted molar refractivity (Wildman–Crippen MR) is 69.7 cm³/mol. The molecule has 1 aliphatic rings. The number of benzene rings is 2. The van der Waals surface area contributed by atoms with Gasteiger partial charge in [0.15, 0.2) is 0 Å². The quantitative estimate of drug-likeness (QED) is 0.530. The molecular weight excluding hydrogens is 234 g/mol. The monoisotopic (exact) mass is 245 g/mol. The molecule has 4 nitrogen and oxygen atoms in total. The highest BCUT2D eigenvalue weighted by molar-refractivity contribution is 7.85. The van der Waals surface area contributed by atoms with Crippen molar-refractivity contribution in [2.24, 2.45) is 0 Å². The Morgan fingerprint density at radius 3 is 1.82 bits per heavy atom. The number of nitrogens with one attached hydrogen (secondary N) is 1. The first-order chi connectivity index (χ1) is 8.15. The SMILES string of the molecule is Nc1ccc2c(c1)S(=O)c1cc(N)ccc1N2. The Morgan fingerprint density at radius 1 is 0.882 bits per heavy atom. The molecule has 17 heavy (non-hydrogen) atoms. The largest absolute Gasteiger partial charge is 0.399 e. The highest BCUT2D eigenvalue weighted by Gasteiger charge is 2.21. The van der Waals surface area contributed by atoms with Crippen molar-refractivity contribution in [3.63, 3.8) is 0 Å². The molecule has 0 amide bonds. The second kappa shape index (κ2) is 3.49. The summed E-state index contributed by atoms with van der Waals surface area (Å²) in [5, 5.41) is 3.22. The lowest BCUT2D eigenvalue weighted by Crippen LogP contribution is -2.09. The van der Waals surface area contributed by atoms with Gasteiger partial charge in [-0.1, -0.05) is 0 Å². The second-order valence-corrected chi connectivity index (χ2v) is 5.32. The maximum atomic E-state index is 12.4. The van der Waals surface area contributed by atoms with Gasteiger partial charge < -0.3 is 16.8 Å². The van der Waals surface area contributed by atoms with Crippen LogP contribution < -0.4 is 16.8 Å². The van der Waals surface area contributed by atoms with E-state index < -0.39 is 10.8 Å². The van der Waals surface area contributed by atoms with Crippen LogP contribution in [0.3, 0.4) is 0 Å². The minimum atomic E-state index is -1.23. The van der Waals surface area contributed by atoms with Gasteiger partial charge >= 0.3 is 0 Å². The van der Waals surface area contributed by atoms with Crippen LogP contribution in [-0.4, -0.2) is 4.21 Å². The zero-order valence-electron chi connectivity index (χ0n) is 8.94. The van der Waals surface area contributed by atoms with Crippen LogP contribution in [0.15, 0.2) is 46.2 Å². The minimum absolute atomic E-state index is 0.603. The first-order valence-corrected chi connectivity index (χ1v) is 6.28. The molecule has 5 N–H and O–H groups in total. The van der Waals surface area contributed by atoms with Crippen molar-refractivity contribution in [3.8, 4) is 0 Å². The maximum absolute atomic E-state index is 12.4. The van der Waals surface area contributed by atoms with Crippen molar-refractivity contribution in [1.82, 2.24) is 0 Å². The number of hydrogen-bond donors (Lipinski definition) is 3. The van der Waals surface area contributed by atoms with E-state index in [1.807, 2.05) is 12.1 Å². The zero-order valence-corrected chi connectivity index (χ0v) is 9.75. The van der Waals surface area contributed by atoms with Gasteiger partial charge in [0.05, 0.1) is 32.0 Å². The molecule has 0 atom stereocenters. The molecule has 0 bridgehead atoms. The molecule has 0 fully saturated rings. The van der Waals surface area contributed by atoms with E-state index in [2.05, 4.69) is 5.32 Å². The summed E-state index contributed by atoms with van der Waals surface area (Å²) in [6.45, 7) is 0. The van der Waals surface area contributed by atoms with Gasteiger partial charge in [0, 0.05) is 11.4 Å². The van der Waals surface area contributed by atoms with Gasteiger partial charge in [-0.3, -0.25) is 0 Å². The summed E-state index contributed by atoms with van der Waals surface area (Å²) in [6.07, 6.45) is 0. The summed E-state index contributed by atoms with van der Waals surface area (Å²) in [7, 11) is -1.23. The Morgan fingerprint density at radius 2 is 1.35 bits per heavy atom. The lowest BCUT2D eigenvalue weighted by atomic mass is 10.2. The molecule has 86 valence electrons. The van der Waals surface area contributed by atoms with Crippen LogP contribution in [0.5, 0.6) is 0 Å². The molecule has 1 aliphatic heterocycles. The van der Waals surface area contributed by atoms with Gasteiger partial charge in [-0.2, -0.15) is 0 Å². The molecule has 0 spiro atoms. The van der Waals surface area contributed by atoms with Gasteiger partial charge in [0.25, 0.3) is 0 Å². The number of nitrogens with two attached hydrogens (primary N) is 2. The number of fused-ring (bicyclic) bond motifs is 2. The molecule has 0 unspecified atom stereocenters. The summed E-state index contributed by atoms with van der Waals surface area (Å²) in [5.41, 5.74) is 14.3. The summed E-state index contributed by atoms with van der Waals surface area (Å²) in [6, 6.07) is 10.7. The minimum Gasteiger partial charge on any atom is -0.399 e. The van der Waals surface area contributed by atoms with Gasteiger partial charge in [-0.25, -0.2) is 4.21 Å². The Balaban J connectivity index is 2.21. The summed E-state index contributed by atoms with van der Waals surface area (Å²) >= 11 is 0. The van der Waals surface area contributed by atoms with Crippen LogP contribution in [0.1, 0.15) is 0 Å². The van der Waals surface area contributed by atoms with E-state index in [0.29, 0.717) is 21.2 Å². The molecule has 5 heteroatoms.